The third-order valence-corrected chi connectivity index (χ3v) is 9.86. The Bertz CT molecular complexity index is 1120. The van der Waals surface area contributed by atoms with Crippen molar-refractivity contribution in [3.63, 3.8) is 0 Å². The van der Waals surface area contributed by atoms with Crippen molar-refractivity contribution < 1.29 is 13.2 Å². The quantitative estimate of drug-likeness (QED) is 0.534. The van der Waals surface area contributed by atoms with Gasteiger partial charge in [0.2, 0.25) is 16.0 Å². The summed E-state index contributed by atoms with van der Waals surface area (Å²) in [5, 5.41) is 0. The molecule has 1 aromatic heterocycles. The van der Waals surface area contributed by atoms with E-state index in [2.05, 4.69) is 44.9 Å². The third kappa shape index (κ3) is 5.47. The van der Waals surface area contributed by atoms with Gasteiger partial charge < -0.3 is 14.5 Å². The predicted molar refractivity (Wildman–Crippen MR) is 143 cm³/mol. The van der Waals surface area contributed by atoms with E-state index in [1.54, 1.807) is 4.31 Å². The molecule has 1 atom stereocenters. The minimum Gasteiger partial charge on any atom is -0.490 e. The van der Waals surface area contributed by atoms with Gasteiger partial charge in [0.05, 0.1) is 5.75 Å². The van der Waals surface area contributed by atoms with Crippen molar-refractivity contribution in [3.8, 4) is 5.75 Å². The van der Waals surface area contributed by atoms with Gasteiger partial charge in [-0.15, -0.1) is 0 Å². The molecule has 5 rings (SSSR count). The predicted octanol–water partition coefficient (Wildman–Crippen LogP) is 3.51. The first-order chi connectivity index (χ1) is 17.5. The number of benzene rings is 1. The van der Waals surface area contributed by atoms with Crippen molar-refractivity contribution in [3.05, 3.63) is 41.7 Å². The van der Waals surface area contributed by atoms with Gasteiger partial charge in [-0.05, 0) is 60.9 Å². The van der Waals surface area contributed by atoms with Crippen LogP contribution in [0.15, 0.2) is 30.6 Å². The molecule has 1 aromatic carbocycles. The molecule has 0 saturated carbocycles. The first kappa shape index (κ1) is 25.3. The maximum absolute atomic E-state index is 12.4. The zero-order valence-corrected chi connectivity index (χ0v) is 22.4. The summed E-state index contributed by atoms with van der Waals surface area (Å²) in [5.74, 6) is 2.62. The number of hydrogen-bond acceptors (Lipinski definition) is 7. The summed E-state index contributed by atoms with van der Waals surface area (Å²) in [6.07, 6.45) is 10.1. The number of piperidine rings is 1. The average molecular weight is 514 g/mol. The molecule has 3 aliphatic rings. The number of ether oxygens (including phenoxy) is 1. The smallest absolute Gasteiger partial charge is 0.225 e. The van der Waals surface area contributed by atoms with Crippen LogP contribution in [0.5, 0.6) is 5.75 Å². The molecule has 2 saturated heterocycles. The number of sulfonamides is 1. The second kappa shape index (κ2) is 10.9. The Balaban J connectivity index is 1.14. The molecule has 9 heteroatoms. The summed E-state index contributed by atoms with van der Waals surface area (Å²) in [6.45, 7) is 8.58. The second-order valence-corrected chi connectivity index (χ2v) is 12.4. The molecular formula is C27H39N5O3S. The lowest BCUT2D eigenvalue weighted by Gasteiger charge is -2.35. The summed E-state index contributed by atoms with van der Waals surface area (Å²) >= 11 is 0. The van der Waals surface area contributed by atoms with Crippen LogP contribution in [0.1, 0.15) is 50.7 Å². The molecule has 0 spiro atoms. The normalized spacial score (nSPS) is 21.4. The molecule has 0 bridgehead atoms. The zero-order chi connectivity index (χ0) is 25.1. The molecule has 4 heterocycles. The van der Waals surface area contributed by atoms with Crippen molar-refractivity contribution >= 4 is 21.7 Å². The molecular weight excluding hydrogens is 474 g/mol. The number of piperazine rings is 1. The van der Waals surface area contributed by atoms with Gasteiger partial charge in [-0.1, -0.05) is 20.3 Å². The number of fused-ring (bicyclic) bond motifs is 1. The Hall–Kier alpha value is -2.39. The van der Waals surface area contributed by atoms with E-state index in [0.717, 1.165) is 70.0 Å². The highest BCUT2D eigenvalue weighted by Crippen LogP contribution is 2.37. The van der Waals surface area contributed by atoms with E-state index in [-0.39, 0.29) is 11.9 Å². The third-order valence-electron chi connectivity index (χ3n) is 7.78. The van der Waals surface area contributed by atoms with E-state index in [9.17, 15) is 8.42 Å². The van der Waals surface area contributed by atoms with Crippen LogP contribution in [0, 0.1) is 5.92 Å². The van der Waals surface area contributed by atoms with Crippen molar-refractivity contribution in [1.29, 1.82) is 0 Å². The number of nitrogens with zero attached hydrogens (tertiary/aromatic N) is 5. The summed E-state index contributed by atoms with van der Waals surface area (Å²) in [5.41, 5.74) is 3.65. The molecule has 36 heavy (non-hydrogen) atoms. The molecule has 0 amide bonds. The van der Waals surface area contributed by atoms with Gasteiger partial charge in [0.1, 0.15) is 11.9 Å². The van der Waals surface area contributed by atoms with Crippen LogP contribution < -0.4 is 14.5 Å². The summed E-state index contributed by atoms with van der Waals surface area (Å²) < 4.78 is 32.8. The molecule has 2 fully saturated rings. The van der Waals surface area contributed by atoms with Crippen LogP contribution in [0.2, 0.25) is 0 Å². The Labute approximate surface area is 215 Å². The van der Waals surface area contributed by atoms with Gasteiger partial charge in [-0.25, -0.2) is 18.4 Å². The SMILES string of the molecule is CCCc1cnc(N2CCC(C3Cc4cc(N5CCN(S(=O)(=O)CCC)CC5)ccc4O3)CC2)nc1. The number of rotatable bonds is 8. The lowest BCUT2D eigenvalue weighted by Crippen LogP contribution is -2.49. The van der Waals surface area contributed by atoms with Crippen LogP contribution in [-0.4, -0.2) is 73.8 Å². The van der Waals surface area contributed by atoms with Gasteiger partial charge in [0, 0.05) is 63.8 Å². The van der Waals surface area contributed by atoms with Gasteiger partial charge in [-0.2, -0.15) is 4.31 Å². The van der Waals surface area contributed by atoms with E-state index >= 15 is 0 Å². The second-order valence-electron chi connectivity index (χ2n) is 10.3. The highest BCUT2D eigenvalue weighted by atomic mass is 32.2. The molecule has 3 aliphatic heterocycles. The molecule has 2 aromatic rings. The number of hydrogen-bond donors (Lipinski definition) is 0. The average Bonchev–Trinajstić information content (AvgIpc) is 3.33. The minimum atomic E-state index is -3.12. The number of aromatic nitrogens is 2. The fourth-order valence-electron chi connectivity index (χ4n) is 5.73. The standard InChI is InChI=1S/C27H39N5O3S/c1-3-5-21-19-28-27(29-20-21)31-10-8-22(9-11-31)26-18-23-17-24(6-7-25(23)35-26)30-12-14-32(15-13-30)36(33,34)16-4-2/h6-7,17,19-20,22,26H,3-5,8-16,18H2,1-2H3. The van der Waals surface area contributed by atoms with Gasteiger partial charge in [-0.3, -0.25) is 0 Å². The van der Waals surface area contributed by atoms with Gasteiger partial charge in [0.25, 0.3) is 0 Å². The summed E-state index contributed by atoms with van der Waals surface area (Å²) in [4.78, 5) is 13.8. The first-order valence-corrected chi connectivity index (χ1v) is 15.2. The lowest BCUT2D eigenvalue weighted by atomic mass is 9.89. The largest absolute Gasteiger partial charge is 0.490 e. The zero-order valence-electron chi connectivity index (χ0n) is 21.6. The minimum absolute atomic E-state index is 0.223. The van der Waals surface area contributed by atoms with Crippen LogP contribution in [0.25, 0.3) is 0 Å². The monoisotopic (exact) mass is 513 g/mol. The fourth-order valence-corrected chi connectivity index (χ4v) is 7.23. The van der Waals surface area contributed by atoms with E-state index in [0.29, 0.717) is 25.4 Å². The molecule has 8 nitrogen and oxygen atoms in total. The van der Waals surface area contributed by atoms with E-state index in [1.165, 1.54) is 16.8 Å². The van der Waals surface area contributed by atoms with Crippen LogP contribution in [-0.2, 0) is 22.9 Å². The molecule has 1 unspecified atom stereocenters. The van der Waals surface area contributed by atoms with Gasteiger partial charge >= 0.3 is 0 Å². The number of aryl methyl sites for hydroxylation is 1. The summed E-state index contributed by atoms with van der Waals surface area (Å²) in [7, 11) is -3.12. The number of anilines is 2. The Morgan fingerprint density at radius 2 is 1.67 bits per heavy atom. The Morgan fingerprint density at radius 3 is 2.33 bits per heavy atom. The van der Waals surface area contributed by atoms with E-state index in [4.69, 9.17) is 4.74 Å². The van der Waals surface area contributed by atoms with Crippen LogP contribution >= 0.6 is 0 Å². The fraction of sp³-hybridized carbons (Fsp3) is 0.630. The Morgan fingerprint density at radius 1 is 0.944 bits per heavy atom. The first-order valence-electron chi connectivity index (χ1n) is 13.5. The van der Waals surface area contributed by atoms with Gasteiger partial charge in [0.15, 0.2) is 0 Å². The lowest BCUT2D eigenvalue weighted by molar-refractivity contribution is 0.138. The molecule has 0 radical (unpaired) electrons. The molecule has 196 valence electrons. The van der Waals surface area contributed by atoms with E-state index < -0.39 is 10.0 Å². The van der Waals surface area contributed by atoms with Crippen molar-refractivity contribution in [2.24, 2.45) is 5.92 Å². The maximum Gasteiger partial charge on any atom is 0.225 e. The van der Waals surface area contributed by atoms with Crippen LogP contribution in [0.3, 0.4) is 0 Å². The topological polar surface area (TPSA) is 78.9 Å². The van der Waals surface area contributed by atoms with Crippen molar-refractivity contribution in [1.82, 2.24) is 14.3 Å². The van der Waals surface area contributed by atoms with Crippen molar-refractivity contribution in [2.75, 3.05) is 54.8 Å². The molecule has 0 aliphatic carbocycles. The Kier molecular flexibility index (Phi) is 7.67. The summed E-state index contributed by atoms with van der Waals surface area (Å²) in [6, 6.07) is 6.48. The van der Waals surface area contributed by atoms with Crippen LogP contribution in [0.4, 0.5) is 11.6 Å². The van der Waals surface area contributed by atoms with Crippen molar-refractivity contribution in [2.45, 2.75) is 58.5 Å². The molecule has 0 N–H and O–H groups in total. The van der Waals surface area contributed by atoms with E-state index in [1.807, 2.05) is 19.3 Å². The maximum atomic E-state index is 12.4. The highest BCUT2D eigenvalue weighted by Gasteiger charge is 2.34. The highest BCUT2D eigenvalue weighted by molar-refractivity contribution is 7.89.